The van der Waals surface area contributed by atoms with Crippen LogP contribution in [0.3, 0.4) is 0 Å². The molecule has 0 bridgehead atoms. The predicted molar refractivity (Wildman–Crippen MR) is 152 cm³/mol. The highest BCUT2D eigenvalue weighted by Gasteiger charge is 2.30. The van der Waals surface area contributed by atoms with Crippen LogP contribution in [0.1, 0.15) is 54.1 Å². The molecular weight excluding hydrogens is 474 g/mol. The Morgan fingerprint density at radius 3 is 2.50 bits per heavy atom. The van der Waals surface area contributed by atoms with Crippen molar-refractivity contribution < 1.29 is 14.6 Å². The molecule has 0 aliphatic heterocycles. The van der Waals surface area contributed by atoms with Crippen molar-refractivity contribution in [2.75, 3.05) is 13.7 Å². The minimum absolute atomic E-state index is 0.0353. The Labute approximate surface area is 224 Å². The third-order valence-electron chi connectivity index (χ3n) is 7.67. The minimum atomic E-state index is -0.325. The number of ether oxygens (including phenoxy) is 1. The number of hydrogen-bond donors (Lipinski definition) is 2. The Bertz CT molecular complexity index is 1380. The van der Waals surface area contributed by atoms with Gasteiger partial charge in [0.1, 0.15) is 6.61 Å². The molecule has 6 nitrogen and oxygen atoms in total. The van der Waals surface area contributed by atoms with E-state index < -0.39 is 0 Å². The maximum Gasteiger partial charge on any atom is 0.409 e. The molecule has 2 aromatic carbocycles. The number of aliphatic hydroxyl groups is 1. The smallest absolute Gasteiger partial charge is 0.409 e. The molecule has 196 valence electrons. The number of likely N-dealkylation sites (N-methyl/N-ethyl adjacent to an activating group) is 1. The second-order valence-corrected chi connectivity index (χ2v) is 10.4. The molecule has 1 amide bonds. The number of benzene rings is 2. The number of aromatic nitrogens is 1. The Morgan fingerprint density at radius 1 is 1.18 bits per heavy atom. The monoisotopic (exact) mass is 509 g/mol. The third kappa shape index (κ3) is 5.03. The number of carbonyl (C=O) groups excluding carboxylic acids is 1. The van der Waals surface area contributed by atoms with Crippen molar-refractivity contribution in [3.05, 3.63) is 101 Å². The molecular formula is C32H35N3O3. The first-order chi connectivity index (χ1) is 18.3. The van der Waals surface area contributed by atoms with Gasteiger partial charge in [-0.25, -0.2) is 4.79 Å². The molecule has 0 spiro atoms. The first-order valence-corrected chi connectivity index (χ1v) is 13.2. The molecule has 0 radical (unpaired) electrons. The Balaban J connectivity index is 1.26. The summed E-state index contributed by atoms with van der Waals surface area (Å²) in [5, 5.41) is 17.7. The molecule has 1 aromatic heterocycles. The molecule has 1 atom stereocenters. The van der Waals surface area contributed by atoms with Crippen molar-refractivity contribution in [1.82, 2.24) is 9.47 Å². The average Bonchev–Trinajstić information content (AvgIpc) is 3.41. The van der Waals surface area contributed by atoms with Crippen LogP contribution < -0.4 is 0 Å². The van der Waals surface area contributed by atoms with Crippen LogP contribution in [0.4, 0.5) is 4.79 Å². The van der Waals surface area contributed by atoms with Crippen LogP contribution in [0.2, 0.25) is 0 Å². The van der Waals surface area contributed by atoms with Gasteiger partial charge < -0.3 is 24.7 Å². The Hall–Kier alpha value is -4.06. The molecule has 0 saturated heterocycles. The second kappa shape index (κ2) is 10.7. The molecule has 2 aliphatic carbocycles. The highest BCUT2D eigenvalue weighted by Crippen LogP contribution is 2.44. The summed E-state index contributed by atoms with van der Waals surface area (Å²) in [4.78, 5) is 14.8. The number of carbonyl (C=O) groups is 1. The van der Waals surface area contributed by atoms with Crippen LogP contribution in [0, 0.1) is 5.41 Å². The topological polar surface area (TPSA) is 78.5 Å². The average molecular weight is 510 g/mol. The molecule has 0 saturated carbocycles. The number of aliphatic hydroxyl groups excluding tert-OH is 1. The number of nitrogens with zero attached hydrogens (tertiary/aromatic N) is 2. The molecule has 3 aromatic rings. The van der Waals surface area contributed by atoms with Crippen molar-refractivity contribution in [2.24, 2.45) is 0 Å². The van der Waals surface area contributed by atoms with E-state index in [-0.39, 0.29) is 23.8 Å². The lowest BCUT2D eigenvalue weighted by molar-refractivity contribution is 0.0970. The van der Waals surface area contributed by atoms with Crippen molar-refractivity contribution in [2.45, 2.75) is 51.6 Å². The summed E-state index contributed by atoms with van der Waals surface area (Å²) in [6, 6.07) is 16.6. The molecule has 1 heterocycles. The maximum absolute atomic E-state index is 13.1. The fraction of sp³-hybridized carbons (Fsp3) is 0.312. The molecule has 0 fully saturated rings. The lowest BCUT2D eigenvalue weighted by Crippen LogP contribution is -2.37. The van der Waals surface area contributed by atoms with Gasteiger partial charge in [0.25, 0.3) is 0 Å². The van der Waals surface area contributed by atoms with E-state index in [1.807, 2.05) is 31.2 Å². The first-order valence-electron chi connectivity index (χ1n) is 13.2. The van der Waals surface area contributed by atoms with E-state index in [0.717, 1.165) is 18.4 Å². The van der Waals surface area contributed by atoms with Gasteiger partial charge in [0.2, 0.25) is 0 Å². The quantitative estimate of drug-likeness (QED) is 0.261. The number of nitrogens with one attached hydrogen (secondary N) is 1. The molecule has 5 rings (SSSR count). The van der Waals surface area contributed by atoms with Gasteiger partial charge in [-0.3, -0.25) is 0 Å². The molecule has 1 unspecified atom stereocenters. The summed E-state index contributed by atoms with van der Waals surface area (Å²) in [6.45, 7) is 4.33. The number of amides is 1. The van der Waals surface area contributed by atoms with Crippen molar-refractivity contribution in [3.63, 3.8) is 0 Å². The lowest BCUT2D eigenvalue weighted by Gasteiger charge is -2.25. The first kappa shape index (κ1) is 25.6. The standard InChI is InChI=1S/C32H35N3O3/c1-21(16-23-18-35(19-24(33)17-22(2)36)31-15-9-8-10-25(23)31)34(3)32(37)38-20-30-28-13-6-4-11-26(28)27-12-5-7-14-29(27)30/h4-8,10-14,17-18,21,30,33,36H,9,15-16,19-20H2,1-3H3/b22-17-,33-24?. The normalized spacial score (nSPS) is 15.0. The number of hydrogen-bond acceptors (Lipinski definition) is 4. The summed E-state index contributed by atoms with van der Waals surface area (Å²) in [7, 11) is 1.80. The van der Waals surface area contributed by atoms with Crippen LogP contribution in [-0.2, 0) is 24.1 Å². The van der Waals surface area contributed by atoms with Gasteiger partial charge >= 0.3 is 6.09 Å². The summed E-state index contributed by atoms with van der Waals surface area (Å²) < 4.78 is 7.98. The van der Waals surface area contributed by atoms with E-state index >= 15 is 0 Å². The minimum Gasteiger partial charge on any atom is -0.513 e. The van der Waals surface area contributed by atoms with E-state index in [1.165, 1.54) is 39.6 Å². The van der Waals surface area contributed by atoms with E-state index in [2.05, 4.69) is 47.2 Å². The number of fused-ring (bicyclic) bond motifs is 4. The summed E-state index contributed by atoms with van der Waals surface area (Å²) in [5.74, 6) is 0.169. The van der Waals surface area contributed by atoms with Crippen molar-refractivity contribution in [1.29, 1.82) is 5.41 Å². The van der Waals surface area contributed by atoms with E-state index in [1.54, 1.807) is 18.9 Å². The van der Waals surface area contributed by atoms with Gasteiger partial charge in [-0.15, -0.1) is 0 Å². The number of allylic oxidation sites excluding steroid dienone is 3. The fourth-order valence-corrected chi connectivity index (χ4v) is 5.69. The zero-order chi connectivity index (χ0) is 26.8. The molecule has 2 aliphatic rings. The van der Waals surface area contributed by atoms with Gasteiger partial charge in [-0.05, 0) is 72.6 Å². The summed E-state index contributed by atoms with van der Waals surface area (Å²) >= 11 is 0. The van der Waals surface area contributed by atoms with E-state index in [9.17, 15) is 9.90 Å². The largest absolute Gasteiger partial charge is 0.513 e. The Morgan fingerprint density at radius 2 is 1.84 bits per heavy atom. The zero-order valence-electron chi connectivity index (χ0n) is 22.3. The number of rotatable bonds is 8. The predicted octanol–water partition coefficient (Wildman–Crippen LogP) is 6.74. The summed E-state index contributed by atoms with van der Waals surface area (Å²) in [5.41, 5.74) is 8.72. The molecule has 38 heavy (non-hydrogen) atoms. The lowest BCUT2D eigenvalue weighted by atomic mass is 9.98. The zero-order valence-corrected chi connectivity index (χ0v) is 22.3. The van der Waals surface area contributed by atoms with Crippen LogP contribution in [0.5, 0.6) is 0 Å². The highest BCUT2D eigenvalue weighted by molar-refractivity contribution is 5.92. The third-order valence-corrected chi connectivity index (χ3v) is 7.67. The van der Waals surface area contributed by atoms with Gasteiger partial charge in [-0.1, -0.05) is 60.7 Å². The fourth-order valence-electron chi connectivity index (χ4n) is 5.69. The van der Waals surface area contributed by atoms with Crippen LogP contribution in [0.25, 0.3) is 17.2 Å². The Kier molecular flexibility index (Phi) is 7.23. The highest BCUT2D eigenvalue weighted by atomic mass is 16.6. The van der Waals surface area contributed by atoms with Gasteiger partial charge in [0, 0.05) is 30.9 Å². The molecule has 2 N–H and O–H groups in total. The van der Waals surface area contributed by atoms with Crippen molar-refractivity contribution in [3.8, 4) is 11.1 Å². The molecule has 6 heteroatoms. The second-order valence-electron chi connectivity index (χ2n) is 10.4. The van der Waals surface area contributed by atoms with Crippen LogP contribution in [-0.4, -0.2) is 46.1 Å². The van der Waals surface area contributed by atoms with E-state index in [4.69, 9.17) is 10.1 Å². The van der Waals surface area contributed by atoms with Crippen LogP contribution >= 0.6 is 0 Å². The van der Waals surface area contributed by atoms with Gasteiger partial charge in [-0.2, -0.15) is 0 Å². The SMILES string of the molecule is C/C(O)=C/C(=N)Cn1cc(CC(C)N(C)C(=O)OCC2c3ccccc3-c3ccccc32)c2c1CCC=C2. The maximum atomic E-state index is 13.1. The van der Waals surface area contributed by atoms with Gasteiger partial charge in [0.05, 0.1) is 18.0 Å². The van der Waals surface area contributed by atoms with Gasteiger partial charge in [0.15, 0.2) is 0 Å². The summed E-state index contributed by atoms with van der Waals surface area (Å²) in [6.07, 6.45) is 10.2. The van der Waals surface area contributed by atoms with E-state index in [0.29, 0.717) is 25.3 Å². The van der Waals surface area contributed by atoms with Crippen LogP contribution in [0.15, 0.2) is 72.6 Å². The van der Waals surface area contributed by atoms with Crippen molar-refractivity contribution >= 4 is 17.9 Å².